The van der Waals surface area contributed by atoms with Crippen LogP contribution in [-0.4, -0.2) is 12.8 Å². The van der Waals surface area contributed by atoms with Gasteiger partial charge in [0.15, 0.2) is 0 Å². The molecule has 0 aromatic heterocycles. The van der Waals surface area contributed by atoms with Crippen molar-refractivity contribution in [2.75, 3.05) is 11.9 Å². The van der Waals surface area contributed by atoms with Crippen LogP contribution in [0.4, 0.5) is 18.9 Å². The lowest BCUT2D eigenvalue weighted by Crippen LogP contribution is -2.11. The number of halogens is 3. The third kappa shape index (κ3) is 5.51. The number of anilines is 1. The Morgan fingerprint density at radius 2 is 1.87 bits per heavy atom. The number of benzene rings is 2. The van der Waals surface area contributed by atoms with Crippen LogP contribution in [-0.2, 0) is 13.0 Å². The zero-order valence-electron chi connectivity index (χ0n) is 13.2. The zero-order chi connectivity index (χ0) is 16.9. The molecule has 1 N–H and O–H groups in total. The molecule has 0 bridgehead atoms. The van der Waals surface area contributed by atoms with Gasteiger partial charge in [-0.3, -0.25) is 0 Å². The molecule has 5 heteroatoms. The van der Waals surface area contributed by atoms with Gasteiger partial charge in [-0.05, 0) is 43.2 Å². The van der Waals surface area contributed by atoms with E-state index in [0.717, 1.165) is 16.9 Å². The Balaban J connectivity index is 2.08. The summed E-state index contributed by atoms with van der Waals surface area (Å²) < 4.78 is 43.0. The molecule has 0 saturated carbocycles. The van der Waals surface area contributed by atoms with Crippen LogP contribution >= 0.6 is 0 Å². The average molecular weight is 323 g/mol. The molecule has 0 atom stereocenters. The van der Waals surface area contributed by atoms with Crippen molar-refractivity contribution >= 4 is 5.69 Å². The van der Waals surface area contributed by atoms with Gasteiger partial charge in [0.1, 0.15) is 5.75 Å². The SMILES string of the molecule is CCOc1cc(C)ccc1CNc1cccc(CC(F)(F)F)c1. The summed E-state index contributed by atoms with van der Waals surface area (Å²) in [6.45, 7) is 4.96. The molecule has 2 nitrogen and oxygen atoms in total. The molecule has 2 aromatic rings. The van der Waals surface area contributed by atoms with E-state index in [4.69, 9.17) is 4.74 Å². The van der Waals surface area contributed by atoms with Gasteiger partial charge in [-0.15, -0.1) is 0 Å². The van der Waals surface area contributed by atoms with Crippen molar-refractivity contribution in [1.82, 2.24) is 0 Å². The number of aryl methyl sites for hydroxylation is 1. The second-order valence-corrected chi connectivity index (χ2v) is 5.39. The zero-order valence-corrected chi connectivity index (χ0v) is 13.2. The second-order valence-electron chi connectivity index (χ2n) is 5.39. The van der Waals surface area contributed by atoms with Crippen molar-refractivity contribution in [3.63, 3.8) is 0 Å². The maximum absolute atomic E-state index is 12.5. The van der Waals surface area contributed by atoms with E-state index in [9.17, 15) is 13.2 Å². The Labute approximate surface area is 134 Å². The Kier molecular flexibility index (Phi) is 5.53. The molecule has 0 fully saturated rings. The number of nitrogens with one attached hydrogen (secondary N) is 1. The highest BCUT2D eigenvalue weighted by Gasteiger charge is 2.27. The average Bonchev–Trinajstić information content (AvgIpc) is 2.45. The van der Waals surface area contributed by atoms with Gasteiger partial charge >= 0.3 is 6.18 Å². The lowest BCUT2D eigenvalue weighted by Gasteiger charge is -2.13. The Morgan fingerprint density at radius 1 is 1.09 bits per heavy atom. The molecule has 0 aliphatic rings. The fourth-order valence-electron chi connectivity index (χ4n) is 2.32. The van der Waals surface area contributed by atoms with E-state index in [1.807, 2.05) is 32.0 Å². The summed E-state index contributed by atoms with van der Waals surface area (Å²) in [5.41, 5.74) is 2.98. The van der Waals surface area contributed by atoms with Crippen molar-refractivity contribution in [2.24, 2.45) is 0 Å². The van der Waals surface area contributed by atoms with Gasteiger partial charge in [0.05, 0.1) is 13.0 Å². The molecule has 0 heterocycles. The largest absolute Gasteiger partial charge is 0.494 e. The molecular formula is C18H20F3NO. The Morgan fingerprint density at radius 3 is 2.57 bits per heavy atom. The first-order chi connectivity index (χ1) is 10.9. The first-order valence-electron chi connectivity index (χ1n) is 7.49. The molecule has 0 saturated heterocycles. The van der Waals surface area contributed by atoms with Crippen LogP contribution in [0, 0.1) is 6.92 Å². The smallest absolute Gasteiger partial charge is 0.393 e. The van der Waals surface area contributed by atoms with Crippen LogP contribution in [0.25, 0.3) is 0 Å². The van der Waals surface area contributed by atoms with Gasteiger partial charge in [0, 0.05) is 17.8 Å². The van der Waals surface area contributed by atoms with Crippen LogP contribution in [0.5, 0.6) is 5.75 Å². The quantitative estimate of drug-likeness (QED) is 0.797. The summed E-state index contributed by atoms with van der Waals surface area (Å²) >= 11 is 0. The number of hydrogen-bond donors (Lipinski definition) is 1. The van der Waals surface area contributed by atoms with Gasteiger partial charge in [0.25, 0.3) is 0 Å². The van der Waals surface area contributed by atoms with Crippen molar-refractivity contribution in [2.45, 2.75) is 33.0 Å². The van der Waals surface area contributed by atoms with E-state index in [0.29, 0.717) is 18.8 Å². The van der Waals surface area contributed by atoms with Crippen molar-refractivity contribution < 1.29 is 17.9 Å². The molecule has 0 aliphatic heterocycles. The van der Waals surface area contributed by atoms with Gasteiger partial charge in [-0.2, -0.15) is 13.2 Å². The van der Waals surface area contributed by atoms with Gasteiger partial charge < -0.3 is 10.1 Å². The summed E-state index contributed by atoms with van der Waals surface area (Å²) in [6.07, 6.45) is -5.12. The van der Waals surface area contributed by atoms with E-state index >= 15 is 0 Å². The van der Waals surface area contributed by atoms with E-state index in [2.05, 4.69) is 5.32 Å². The number of rotatable bonds is 6. The highest BCUT2D eigenvalue weighted by Crippen LogP contribution is 2.24. The lowest BCUT2D eigenvalue weighted by atomic mass is 10.1. The van der Waals surface area contributed by atoms with Gasteiger partial charge in [-0.25, -0.2) is 0 Å². The standard InChI is InChI=1S/C18H20F3NO/c1-3-23-17-9-13(2)7-8-15(17)12-22-16-6-4-5-14(10-16)11-18(19,20)21/h4-10,22H,3,11-12H2,1-2H3. The summed E-state index contributed by atoms with van der Waals surface area (Å²) in [5, 5.41) is 3.16. The maximum Gasteiger partial charge on any atom is 0.393 e. The topological polar surface area (TPSA) is 21.3 Å². The molecule has 2 aromatic carbocycles. The monoisotopic (exact) mass is 323 g/mol. The summed E-state index contributed by atoms with van der Waals surface area (Å²) in [5.74, 6) is 0.798. The fraction of sp³-hybridized carbons (Fsp3) is 0.333. The Hall–Kier alpha value is -2.17. The number of ether oxygens (including phenoxy) is 1. The summed E-state index contributed by atoms with van der Waals surface area (Å²) in [6, 6.07) is 12.3. The van der Waals surface area contributed by atoms with Gasteiger partial charge in [0.2, 0.25) is 0 Å². The predicted octanol–water partition coefficient (Wildman–Crippen LogP) is 5.11. The first-order valence-corrected chi connectivity index (χ1v) is 7.49. The minimum absolute atomic E-state index is 0.247. The molecule has 124 valence electrons. The Bertz CT molecular complexity index is 653. The number of hydrogen-bond acceptors (Lipinski definition) is 2. The van der Waals surface area contributed by atoms with Crippen molar-refractivity contribution in [3.8, 4) is 5.75 Å². The van der Waals surface area contributed by atoms with E-state index in [-0.39, 0.29) is 5.56 Å². The van der Waals surface area contributed by atoms with Crippen LogP contribution in [0.3, 0.4) is 0 Å². The van der Waals surface area contributed by atoms with Crippen LogP contribution in [0.1, 0.15) is 23.6 Å². The van der Waals surface area contributed by atoms with Crippen LogP contribution in [0.15, 0.2) is 42.5 Å². The van der Waals surface area contributed by atoms with E-state index in [1.54, 1.807) is 12.1 Å². The first kappa shape index (κ1) is 17.2. The number of alkyl halides is 3. The summed E-state index contributed by atoms with van der Waals surface area (Å²) in [4.78, 5) is 0. The third-order valence-corrected chi connectivity index (χ3v) is 3.34. The highest BCUT2D eigenvalue weighted by molar-refractivity contribution is 5.48. The van der Waals surface area contributed by atoms with E-state index < -0.39 is 12.6 Å². The molecular weight excluding hydrogens is 303 g/mol. The van der Waals surface area contributed by atoms with E-state index in [1.165, 1.54) is 12.1 Å². The third-order valence-electron chi connectivity index (χ3n) is 3.34. The van der Waals surface area contributed by atoms with Crippen molar-refractivity contribution in [3.05, 3.63) is 59.2 Å². The van der Waals surface area contributed by atoms with Crippen LogP contribution in [0.2, 0.25) is 0 Å². The van der Waals surface area contributed by atoms with Gasteiger partial charge in [-0.1, -0.05) is 24.3 Å². The minimum Gasteiger partial charge on any atom is -0.494 e. The molecule has 23 heavy (non-hydrogen) atoms. The molecule has 0 radical (unpaired) electrons. The molecule has 0 unspecified atom stereocenters. The molecule has 0 amide bonds. The molecule has 0 spiro atoms. The normalized spacial score (nSPS) is 11.3. The fourth-order valence-corrected chi connectivity index (χ4v) is 2.32. The lowest BCUT2D eigenvalue weighted by molar-refractivity contribution is -0.127. The second kappa shape index (κ2) is 7.40. The highest BCUT2D eigenvalue weighted by atomic mass is 19.4. The predicted molar refractivity (Wildman–Crippen MR) is 85.9 cm³/mol. The van der Waals surface area contributed by atoms with Crippen LogP contribution < -0.4 is 10.1 Å². The maximum atomic E-state index is 12.5. The molecule has 2 rings (SSSR count). The summed E-state index contributed by atoms with van der Waals surface area (Å²) in [7, 11) is 0. The van der Waals surface area contributed by atoms with Crippen molar-refractivity contribution in [1.29, 1.82) is 0 Å². The minimum atomic E-state index is -4.20. The molecule has 0 aliphatic carbocycles.